The highest BCUT2D eigenvalue weighted by molar-refractivity contribution is 5.83. The Hall–Kier alpha value is -3.13. The minimum Gasteiger partial charge on any atom is -0.481 e. The SMILES string of the molecule is O=C(O)C(c1ccccc1)c1ccccc1/C=C/c1ccccc1. The van der Waals surface area contributed by atoms with Crippen LogP contribution in [-0.4, -0.2) is 11.1 Å². The molecule has 0 fully saturated rings. The first-order valence-electron chi connectivity index (χ1n) is 7.85. The highest BCUT2D eigenvalue weighted by Gasteiger charge is 2.23. The van der Waals surface area contributed by atoms with Crippen LogP contribution in [0.4, 0.5) is 0 Å². The summed E-state index contributed by atoms with van der Waals surface area (Å²) >= 11 is 0. The van der Waals surface area contributed by atoms with E-state index in [1.54, 1.807) is 0 Å². The molecular formula is C22H18O2. The van der Waals surface area contributed by atoms with Crippen LogP contribution in [0.25, 0.3) is 12.2 Å². The van der Waals surface area contributed by atoms with Crippen molar-refractivity contribution in [2.45, 2.75) is 5.92 Å². The average Bonchev–Trinajstić information content (AvgIpc) is 2.63. The van der Waals surface area contributed by atoms with Crippen molar-refractivity contribution in [3.8, 4) is 0 Å². The fourth-order valence-electron chi connectivity index (χ4n) is 2.78. The van der Waals surface area contributed by atoms with E-state index >= 15 is 0 Å². The summed E-state index contributed by atoms with van der Waals surface area (Å²) < 4.78 is 0. The maximum atomic E-state index is 11.9. The van der Waals surface area contributed by atoms with Crippen LogP contribution in [0.1, 0.15) is 28.2 Å². The van der Waals surface area contributed by atoms with E-state index in [0.29, 0.717) is 0 Å². The minimum atomic E-state index is -0.846. The molecule has 0 saturated carbocycles. The Bertz CT molecular complexity index is 836. The molecule has 0 radical (unpaired) electrons. The molecule has 0 aromatic heterocycles. The molecule has 1 atom stereocenters. The van der Waals surface area contributed by atoms with Gasteiger partial charge in [0, 0.05) is 0 Å². The normalized spacial score (nSPS) is 12.2. The van der Waals surface area contributed by atoms with Crippen molar-refractivity contribution in [1.29, 1.82) is 0 Å². The molecule has 1 N–H and O–H groups in total. The molecular weight excluding hydrogens is 296 g/mol. The molecule has 0 bridgehead atoms. The van der Waals surface area contributed by atoms with Crippen LogP contribution in [0.2, 0.25) is 0 Å². The monoisotopic (exact) mass is 314 g/mol. The van der Waals surface area contributed by atoms with Crippen molar-refractivity contribution in [3.63, 3.8) is 0 Å². The first-order chi connectivity index (χ1) is 11.8. The van der Waals surface area contributed by atoms with Gasteiger partial charge in [0.15, 0.2) is 0 Å². The molecule has 3 aromatic rings. The third kappa shape index (κ3) is 3.61. The lowest BCUT2D eigenvalue weighted by Gasteiger charge is -2.16. The van der Waals surface area contributed by atoms with Gasteiger partial charge < -0.3 is 5.11 Å². The summed E-state index contributed by atoms with van der Waals surface area (Å²) in [6, 6.07) is 27.0. The largest absolute Gasteiger partial charge is 0.481 e. The number of benzene rings is 3. The topological polar surface area (TPSA) is 37.3 Å². The van der Waals surface area contributed by atoms with Crippen molar-refractivity contribution in [2.24, 2.45) is 0 Å². The molecule has 0 spiro atoms. The van der Waals surface area contributed by atoms with E-state index in [4.69, 9.17) is 0 Å². The zero-order valence-electron chi connectivity index (χ0n) is 13.2. The van der Waals surface area contributed by atoms with Gasteiger partial charge in [-0.25, -0.2) is 0 Å². The molecule has 3 aromatic carbocycles. The molecule has 3 rings (SSSR count). The van der Waals surface area contributed by atoms with Crippen molar-refractivity contribution in [2.75, 3.05) is 0 Å². The molecule has 0 aliphatic rings. The predicted octanol–water partition coefficient (Wildman–Crippen LogP) is 5.07. The molecule has 0 saturated heterocycles. The number of rotatable bonds is 5. The number of carboxylic acid groups (broad SMARTS) is 1. The fourth-order valence-corrected chi connectivity index (χ4v) is 2.78. The van der Waals surface area contributed by atoms with Crippen molar-refractivity contribution in [3.05, 3.63) is 107 Å². The molecule has 0 aliphatic heterocycles. The Balaban J connectivity index is 2.01. The molecule has 2 heteroatoms. The quantitative estimate of drug-likeness (QED) is 0.667. The van der Waals surface area contributed by atoms with Gasteiger partial charge in [-0.3, -0.25) is 4.79 Å². The Morgan fingerprint density at radius 1 is 0.750 bits per heavy atom. The van der Waals surface area contributed by atoms with Gasteiger partial charge >= 0.3 is 5.97 Å². The Kier molecular flexibility index (Phi) is 4.87. The minimum absolute atomic E-state index is 0.678. The molecule has 0 heterocycles. The van der Waals surface area contributed by atoms with Crippen LogP contribution in [0.5, 0.6) is 0 Å². The molecule has 2 nitrogen and oxygen atoms in total. The van der Waals surface area contributed by atoms with E-state index in [-0.39, 0.29) is 0 Å². The van der Waals surface area contributed by atoms with Gasteiger partial charge in [0.25, 0.3) is 0 Å². The van der Waals surface area contributed by atoms with Crippen LogP contribution in [0, 0.1) is 0 Å². The summed E-state index contributed by atoms with van der Waals surface area (Å²) in [4.78, 5) is 11.9. The van der Waals surface area contributed by atoms with Gasteiger partial charge in [-0.05, 0) is 22.3 Å². The second-order valence-corrected chi connectivity index (χ2v) is 5.55. The van der Waals surface area contributed by atoms with Crippen LogP contribution in [-0.2, 0) is 4.79 Å². The lowest BCUT2D eigenvalue weighted by atomic mass is 9.88. The van der Waals surface area contributed by atoms with Crippen molar-refractivity contribution < 1.29 is 9.90 Å². The van der Waals surface area contributed by atoms with Crippen LogP contribution >= 0.6 is 0 Å². The zero-order valence-corrected chi connectivity index (χ0v) is 13.2. The highest BCUT2D eigenvalue weighted by Crippen LogP contribution is 2.28. The Labute approximate surface area is 141 Å². The van der Waals surface area contributed by atoms with Crippen LogP contribution in [0.3, 0.4) is 0 Å². The summed E-state index contributed by atoms with van der Waals surface area (Å²) in [5, 5.41) is 9.77. The van der Waals surface area contributed by atoms with Crippen molar-refractivity contribution in [1.82, 2.24) is 0 Å². The zero-order chi connectivity index (χ0) is 16.8. The van der Waals surface area contributed by atoms with E-state index in [2.05, 4.69) is 0 Å². The first kappa shape index (κ1) is 15.8. The summed E-state index contributed by atoms with van der Waals surface area (Å²) in [6.45, 7) is 0. The van der Waals surface area contributed by atoms with Crippen molar-refractivity contribution >= 4 is 18.1 Å². The average molecular weight is 314 g/mol. The van der Waals surface area contributed by atoms with E-state index in [1.807, 2.05) is 97.1 Å². The standard InChI is InChI=1S/C22H18O2/c23-22(24)21(19-12-5-2-6-13-19)20-14-8-7-11-18(20)16-15-17-9-3-1-4-10-17/h1-16,21H,(H,23,24)/b16-15+. The summed E-state index contributed by atoms with van der Waals surface area (Å²) in [5.41, 5.74) is 3.57. The molecule has 0 aliphatic carbocycles. The lowest BCUT2D eigenvalue weighted by Crippen LogP contribution is -2.14. The maximum absolute atomic E-state index is 11.9. The Morgan fingerprint density at radius 3 is 2.00 bits per heavy atom. The number of carbonyl (C=O) groups is 1. The predicted molar refractivity (Wildman–Crippen MR) is 97.7 cm³/mol. The lowest BCUT2D eigenvalue weighted by molar-refractivity contribution is -0.137. The molecule has 24 heavy (non-hydrogen) atoms. The van der Waals surface area contributed by atoms with Crippen LogP contribution < -0.4 is 0 Å². The second-order valence-electron chi connectivity index (χ2n) is 5.55. The van der Waals surface area contributed by atoms with E-state index in [9.17, 15) is 9.90 Å². The maximum Gasteiger partial charge on any atom is 0.315 e. The summed E-state index contributed by atoms with van der Waals surface area (Å²) in [5.74, 6) is -1.52. The van der Waals surface area contributed by atoms with Gasteiger partial charge in [0.05, 0.1) is 0 Å². The molecule has 1 unspecified atom stereocenters. The van der Waals surface area contributed by atoms with Gasteiger partial charge in [0.2, 0.25) is 0 Å². The highest BCUT2D eigenvalue weighted by atomic mass is 16.4. The molecule has 118 valence electrons. The summed E-state index contributed by atoms with van der Waals surface area (Å²) in [6.07, 6.45) is 3.98. The van der Waals surface area contributed by atoms with E-state index in [0.717, 1.165) is 22.3 Å². The van der Waals surface area contributed by atoms with Gasteiger partial charge in [-0.15, -0.1) is 0 Å². The number of hydrogen-bond acceptors (Lipinski definition) is 1. The van der Waals surface area contributed by atoms with Gasteiger partial charge in [-0.1, -0.05) is 97.1 Å². The number of carboxylic acids is 1. The van der Waals surface area contributed by atoms with E-state index < -0.39 is 11.9 Å². The Morgan fingerprint density at radius 2 is 1.33 bits per heavy atom. The number of aliphatic carboxylic acids is 1. The third-order valence-electron chi connectivity index (χ3n) is 3.94. The molecule has 0 amide bonds. The number of hydrogen-bond donors (Lipinski definition) is 1. The van der Waals surface area contributed by atoms with Gasteiger partial charge in [-0.2, -0.15) is 0 Å². The van der Waals surface area contributed by atoms with Gasteiger partial charge in [0.1, 0.15) is 5.92 Å². The third-order valence-corrected chi connectivity index (χ3v) is 3.94. The second kappa shape index (κ2) is 7.42. The summed E-state index contributed by atoms with van der Waals surface area (Å²) in [7, 11) is 0. The first-order valence-corrected chi connectivity index (χ1v) is 7.85. The smallest absolute Gasteiger partial charge is 0.315 e. The van der Waals surface area contributed by atoms with E-state index in [1.165, 1.54) is 0 Å². The fraction of sp³-hybridized carbons (Fsp3) is 0.0455. The van der Waals surface area contributed by atoms with Crippen LogP contribution in [0.15, 0.2) is 84.9 Å².